The van der Waals surface area contributed by atoms with Crippen molar-refractivity contribution in [2.75, 3.05) is 37.9 Å². The van der Waals surface area contributed by atoms with E-state index in [0.29, 0.717) is 33.6 Å². The first-order chi connectivity index (χ1) is 11.2. The van der Waals surface area contributed by atoms with Gasteiger partial charge >= 0.3 is 0 Å². The highest BCUT2D eigenvalue weighted by molar-refractivity contribution is 7.99. The molecule has 0 aromatic carbocycles. The summed E-state index contributed by atoms with van der Waals surface area (Å²) in [6.45, 7) is 1.88. The van der Waals surface area contributed by atoms with Crippen LogP contribution in [0.1, 0.15) is 12.8 Å². The molecule has 0 radical (unpaired) electrons. The van der Waals surface area contributed by atoms with Crippen LogP contribution in [0.3, 0.4) is 0 Å². The summed E-state index contributed by atoms with van der Waals surface area (Å²) in [4.78, 5) is 20.1. The second kappa shape index (κ2) is 6.86. The van der Waals surface area contributed by atoms with Crippen LogP contribution in [-0.2, 0) is 0 Å². The third-order valence-electron chi connectivity index (χ3n) is 3.42. The molecule has 0 unspecified atom stereocenters. The molecule has 23 heavy (non-hydrogen) atoms. The molecule has 2 aromatic heterocycles. The zero-order valence-electron chi connectivity index (χ0n) is 13.0. The van der Waals surface area contributed by atoms with E-state index in [1.807, 2.05) is 0 Å². The largest absolute Gasteiger partial charge is 0.480 e. The Morgan fingerprint density at radius 3 is 2.30 bits per heavy atom. The highest BCUT2D eigenvalue weighted by Crippen LogP contribution is 2.39. The second-order valence-electron chi connectivity index (χ2n) is 4.93. The molecule has 3 rings (SSSR count). The zero-order valence-corrected chi connectivity index (χ0v) is 13.8. The number of rotatable bonds is 5. The third kappa shape index (κ3) is 3.39. The Balaban J connectivity index is 1.97. The number of hydrogen-bond donors (Lipinski definition) is 1. The molecule has 0 atom stereocenters. The Labute approximate surface area is 138 Å². The predicted octanol–water partition coefficient (Wildman–Crippen LogP) is 1.62. The molecule has 0 bridgehead atoms. The van der Waals surface area contributed by atoms with Gasteiger partial charge in [0.05, 0.1) is 14.2 Å². The summed E-state index contributed by atoms with van der Waals surface area (Å²) in [6.07, 6.45) is 3.88. The number of nitrogen functional groups attached to an aromatic ring is 1. The van der Waals surface area contributed by atoms with Crippen LogP contribution in [0.15, 0.2) is 22.3 Å². The molecular weight excluding hydrogens is 316 g/mol. The lowest BCUT2D eigenvalue weighted by Crippen LogP contribution is -2.21. The molecule has 1 aliphatic heterocycles. The minimum atomic E-state index is 0.398. The van der Waals surface area contributed by atoms with Gasteiger partial charge in [0, 0.05) is 19.3 Å². The fourth-order valence-electron chi connectivity index (χ4n) is 2.32. The van der Waals surface area contributed by atoms with Crippen molar-refractivity contribution in [2.45, 2.75) is 22.9 Å². The topological polar surface area (TPSA) is 99.3 Å². The summed E-state index contributed by atoms with van der Waals surface area (Å²) < 4.78 is 10.9. The Hall–Kier alpha value is -2.29. The molecule has 0 aliphatic carbocycles. The van der Waals surface area contributed by atoms with Gasteiger partial charge < -0.3 is 20.1 Å². The van der Waals surface area contributed by atoms with Gasteiger partial charge in [-0.25, -0.2) is 9.97 Å². The molecule has 0 amide bonds. The van der Waals surface area contributed by atoms with Crippen LogP contribution in [-0.4, -0.2) is 47.2 Å². The van der Waals surface area contributed by atoms with E-state index in [4.69, 9.17) is 15.2 Å². The minimum Gasteiger partial charge on any atom is -0.480 e. The van der Waals surface area contributed by atoms with Crippen LogP contribution < -0.4 is 20.1 Å². The maximum atomic E-state index is 5.70. The van der Waals surface area contributed by atoms with Gasteiger partial charge in [-0.1, -0.05) is 0 Å². The van der Waals surface area contributed by atoms with Gasteiger partial charge in [-0.15, -0.1) is 0 Å². The molecule has 1 fully saturated rings. The number of ether oxygens (including phenoxy) is 2. The van der Waals surface area contributed by atoms with Crippen LogP contribution in [0.5, 0.6) is 11.8 Å². The van der Waals surface area contributed by atoms with Crippen molar-refractivity contribution in [2.24, 2.45) is 0 Å². The van der Waals surface area contributed by atoms with E-state index >= 15 is 0 Å². The molecule has 2 aromatic rings. The third-order valence-corrected chi connectivity index (χ3v) is 4.35. The number of anilines is 2. The van der Waals surface area contributed by atoms with E-state index in [0.717, 1.165) is 25.9 Å². The summed E-state index contributed by atoms with van der Waals surface area (Å²) in [5.41, 5.74) is 5.70. The average molecular weight is 334 g/mol. The fourth-order valence-corrected chi connectivity index (χ4v) is 3.20. The van der Waals surface area contributed by atoms with E-state index in [2.05, 4.69) is 24.8 Å². The molecular formula is C14H18N6O2S. The molecule has 122 valence electrons. The van der Waals surface area contributed by atoms with E-state index in [9.17, 15) is 0 Å². The molecule has 1 saturated heterocycles. The van der Waals surface area contributed by atoms with Crippen molar-refractivity contribution < 1.29 is 9.47 Å². The lowest BCUT2D eigenvalue weighted by atomic mass is 10.4. The average Bonchev–Trinajstić information content (AvgIpc) is 3.09. The van der Waals surface area contributed by atoms with Gasteiger partial charge in [0.25, 0.3) is 0 Å². The van der Waals surface area contributed by atoms with Crippen molar-refractivity contribution in [1.82, 2.24) is 19.9 Å². The van der Waals surface area contributed by atoms with Crippen molar-refractivity contribution in [3.05, 3.63) is 12.3 Å². The Kier molecular flexibility index (Phi) is 4.65. The summed E-state index contributed by atoms with van der Waals surface area (Å²) in [5, 5.41) is 0.485. The summed E-state index contributed by atoms with van der Waals surface area (Å²) >= 11 is 1.26. The summed E-state index contributed by atoms with van der Waals surface area (Å²) in [5.74, 6) is 1.90. The van der Waals surface area contributed by atoms with E-state index in [1.165, 1.54) is 11.8 Å². The Bertz CT molecular complexity index is 668. The molecule has 0 saturated carbocycles. The quantitative estimate of drug-likeness (QED) is 0.817. The van der Waals surface area contributed by atoms with Gasteiger partial charge in [0.2, 0.25) is 17.7 Å². The molecule has 1 aliphatic rings. The number of methoxy groups -OCH3 is 2. The molecule has 8 nitrogen and oxygen atoms in total. The first-order valence-corrected chi connectivity index (χ1v) is 8.04. The van der Waals surface area contributed by atoms with Crippen molar-refractivity contribution in [3.8, 4) is 11.8 Å². The van der Waals surface area contributed by atoms with Crippen molar-refractivity contribution in [1.29, 1.82) is 0 Å². The summed E-state index contributed by atoms with van der Waals surface area (Å²) in [6, 6.07) is 1.63. The maximum Gasteiger partial charge on any atom is 0.236 e. The molecule has 0 spiro atoms. The Morgan fingerprint density at radius 2 is 1.74 bits per heavy atom. The number of nitrogens with zero attached hydrogens (tertiary/aromatic N) is 5. The number of hydrogen-bond acceptors (Lipinski definition) is 9. The van der Waals surface area contributed by atoms with Crippen LogP contribution in [0.4, 0.5) is 11.8 Å². The monoisotopic (exact) mass is 334 g/mol. The lowest BCUT2D eigenvalue weighted by molar-refractivity contribution is 0.352. The van der Waals surface area contributed by atoms with E-state index < -0.39 is 0 Å². The van der Waals surface area contributed by atoms with Gasteiger partial charge in [-0.2, -0.15) is 9.97 Å². The molecule has 3 heterocycles. The highest BCUT2D eigenvalue weighted by Gasteiger charge is 2.23. The first kappa shape index (κ1) is 15.6. The minimum absolute atomic E-state index is 0.398. The number of aromatic nitrogens is 4. The lowest BCUT2D eigenvalue weighted by Gasteiger charge is -2.18. The maximum absolute atomic E-state index is 5.70. The van der Waals surface area contributed by atoms with E-state index in [1.54, 1.807) is 26.5 Å². The number of nitrogens with two attached hydrogens (primary N) is 1. The van der Waals surface area contributed by atoms with Crippen LogP contribution in [0.2, 0.25) is 0 Å². The van der Waals surface area contributed by atoms with Crippen LogP contribution in [0, 0.1) is 0 Å². The fraction of sp³-hybridized carbons (Fsp3) is 0.429. The molecule has 9 heteroatoms. The molecule has 2 N–H and O–H groups in total. The normalized spacial score (nSPS) is 14.1. The van der Waals surface area contributed by atoms with Crippen LogP contribution in [0.25, 0.3) is 0 Å². The second-order valence-corrected chi connectivity index (χ2v) is 5.91. The Morgan fingerprint density at radius 1 is 1.09 bits per heavy atom. The highest BCUT2D eigenvalue weighted by atomic mass is 32.2. The van der Waals surface area contributed by atoms with Gasteiger partial charge in [0.15, 0.2) is 5.16 Å². The summed E-state index contributed by atoms with van der Waals surface area (Å²) in [7, 11) is 3.14. The van der Waals surface area contributed by atoms with E-state index in [-0.39, 0.29) is 0 Å². The standard InChI is InChI=1S/C14H18N6O2S/c1-21-11-10(23-14-16-6-5-9(15)17-14)12(22-2)19-13(18-11)20-7-3-4-8-20/h5-6H,3-4,7-8H2,1-2H3,(H2,15,16,17). The first-order valence-electron chi connectivity index (χ1n) is 7.22. The van der Waals surface area contributed by atoms with Gasteiger partial charge in [-0.3, -0.25) is 0 Å². The predicted molar refractivity (Wildman–Crippen MR) is 87.2 cm³/mol. The SMILES string of the molecule is COc1nc(N2CCCC2)nc(OC)c1Sc1nccc(N)n1. The smallest absolute Gasteiger partial charge is 0.236 e. The van der Waals surface area contributed by atoms with Gasteiger partial charge in [-0.05, 0) is 30.7 Å². The zero-order chi connectivity index (χ0) is 16.2. The van der Waals surface area contributed by atoms with Gasteiger partial charge in [0.1, 0.15) is 10.7 Å². The van der Waals surface area contributed by atoms with Crippen molar-refractivity contribution in [3.63, 3.8) is 0 Å². The van der Waals surface area contributed by atoms with Crippen LogP contribution >= 0.6 is 11.8 Å². The van der Waals surface area contributed by atoms with Crippen molar-refractivity contribution >= 4 is 23.5 Å².